The Labute approximate surface area is 263 Å². The van der Waals surface area contributed by atoms with Gasteiger partial charge in [-0.15, -0.1) is 48.6 Å². The third-order valence-electron chi connectivity index (χ3n) is 6.96. The molecule has 214 valence electrons. The van der Waals surface area contributed by atoms with E-state index in [1.165, 1.54) is 16.8 Å². The first-order valence-electron chi connectivity index (χ1n) is 14.1. The molecule has 4 aromatic carbocycles. The summed E-state index contributed by atoms with van der Waals surface area (Å²) >= 11 is 0. The Morgan fingerprint density at radius 1 is 0.738 bits per heavy atom. The average molecular weight is 731 g/mol. The summed E-state index contributed by atoms with van der Waals surface area (Å²) in [5.74, 6) is 2.80. The molecule has 1 aromatic heterocycles. The average Bonchev–Trinajstić information content (AvgIpc) is 3.65. The molecule has 0 unspecified atom stereocenters. The van der Waals surface area contributed by atoms with Gasteiger partial charge in [-0.05, 0) is 30.0 Å². The van der Waals surface area contributed by atoms with Crippen LogP contribution in [-0.2, 0) is 20.1 Å². The van der Waals surface area contributed by atoms with Gasteiger partial charge in [-0.3, -0.25) is 4.98 Å². The van der Waals surface area contributed by atoms with Gasteiger partial charge < -0.3 is 14.5 Å². The van der Waals surface area contributed by atoms with Crippen LogP contribution in [0.25, 0.3) is 17.1 Å². The van der Waals surface area contributed by atoms with Gasteiger partial charge in [0.05, 0.1) is 5.82 Å². The molecule has 1 aliphatic rings. The Balaban J connectivity index is 0.000000193. The summed E-state index contributed by atoms with van der Waals surface area (Å²) in [4.78, 5) is 6.61. The predicted molar refractivity (Wildman–Crippen MR) is 169 cm³/mol. The number of nitrogens with zero attached hydrogens (tertiary/aromatic N) is 5. The molecule has 6 heteroatoms. The molecule has 1 aliphatic heterocycles. The van der Waals surface area contributed by atoms with Crippen LogP contribution in [0.1, 0.15) is 56.2 Å². The molecule has 0 atom stereocenters. The third-order valence-corrected chi connectivity index (χ3v) is 6.96. The molecule has 0 spiro atoms. The molecular formula is C36H36IrN5. The first kappa shape index (κ1) is 31.0. The van der Waals surface area contributed by atoms with E-state index in [9.17, 15) is 0 Å². The number of hydrogen-bond acceptors (Lipinski definition) is 4. The molecule has 0 saturated carbocycles. The van der Waals surface area contributed by atoms with Crippen molar-refractivity contribution in [1.29, 1.82) is 0 Å². The molecule has 0 saturated heterocycles. The summed E-state index contributed by atoms with van der Waals surface area (Å²) in [7, 11) is 1.99. The van der Waals surface area contributed by atoms with Crippen LogP contribution in [0.5, 0.6) is 0 Å². The van der Waals surface area contributed by atoms with Gasteiger partial charge in [0.1, 0.15) is 5.84 Å². The van der Waals surface area contributed by atoms with Crippen molar-refractivity contribution >= 4 is 11.5 Å². The molecule has 0 aliphatic carbocycles. The fourth-order valence-electron chi connectivity index (χ4n) is 4.91. The van der Waals surface area contributed by atoms with Crippen molar-refractivity contribution in [2.24, 2.45) is 5.10 Å². The summed E-state index contributed by atoms with van der Waals surface area (Å²) in [6.45, 7) is 10.9. The zero-order valence-electron chi connectivity index (χ0n) is 24.7. The van der Waals surface area contributed by atoms with E-state index in [1.54, 1.807) is 0 Å². The van der Waals surface area contributed by atoms with E-state index in [1.807, 2.05) is 90.5 Å². The predicted octanol–water partition coefficient (Wildman–Crippen LogP) is 8.30. The van der Waals surface area contributed by atoms with Gasteiger partial charge >= 0.3 is 20.1 Å². The smallest absolute Gasteiger partial charge is 0.487 e. The normalized spacial score (nSPS) is 12.6. The van der Waals surface area contributed by atoms with Crippen molar-refractivity contribution < 1.29 is 20.1 Å². The van der Waals surface area contributed by atoms with Crippen molar-refractivity contribution in [2.75, 3.05) is 12.1 Å². The minimum absolute atomic E-state index is 0. The van der Waals surface area contributed by atoms with Crippen LogP contribution in [0.15, 0.2) is 115 Å². The van der Waals surface area contributed by atoms with Crippen molar-refractivity contribution in [1.82, 2.24) is 14.5 Å². The van der Waals surface area contributed by atoms with Crippen molar-refractivity contribution in [3.63, 3.8) is 0 Å². The molecule has 0 bridgehead atoms. The van der Waals surface area contributed by atoms with Crippen molar-refractivity contribution in [3.8, 4) is 17.1 Å². The van der Waals surface area contributed by atoms with E-state index in [-0.39, 0.29) is 20.1 Å². The molecule has 0 radical (unpaired) electrons. The largest absolute Gasteiger partial charge is 3.00 e. The van der Waals surface area contributed by atoms with E-state index in [2.05, 4.69) is 97.1 Å². The summed E-state index contributed by atoms with van der Waals surface area (Å²) in [6.07, 6.45) is 3.93. The Kier molecular flexibility index (Phi) is 10.5. The number of imidazole rings is 1. The second-order valence-electron chi connectivity index (χ2n) is 10.6. The number of para-hydroxylation sites is 2. The van der Waals surface area contributed by atoms with E-state index >= 15 is 0 Å². The second kappa shape index (κ2) is 14.3. The first-order valence-corrected chi connectivity index (χ1v) is 14.1. The van der Waals surface area contributed by atoms with Crippen molar-refractivity contribution in [3.05, 3.63) is 145 Å². The van der Waals surface area contributed by atoms with Gasteiger partial charge in [0.15, 0.2) is 0 Å². The SMILES string of the molecule is CC(C)c1cccc(C(C)C)c1-n1ccnc1-c1[c-]cccc1.CN1[CH-]N(c2[c-]cccc2)N=C1c1ccccc1.[Ir+3]. The number of amidine groups is 1. The number of aromatic nitrogens is 2. The number of hydrazone groups is 1. The van der Waals surface area contributed by atoms with Crippen molar-refractivity contribution in [2.45, 2.75) is 39.5 Å². The van der Waals surface area contributed by atoms with Crippen LogP contribution in [0.4, 0.5) is 5.69 Å². The number of rotatable bonds is 6. The minimum atomic E-state index is 0. The van der Waals surface area contributed by atoms with Gasteiger partial charge in [-0.1, -0.05) is 81.9 Å². The second-order valence-corrected chi connectivity index (χ2v) is 10.6. The number of benzene rings is 4. The molecule has 5 aromatic rings. The topological polar surface area (TPSA) is 36.7 Å². The zero-order valence-corrected chi connectivity index (χ0v) is 27.1. The standard InChI is InChI=1S/C21H23N2.C15H13N3.Ir/c1-15(2)18-11-8-12-19(16(3)4)20(18)23-14-13-22-21(23)17-9-6-5-7-10-17;1-17-12-18(14-10-6-3-7-11-14)16-15(17)13-8-4-2-5-9-13;/h5-9,11-16H,1-4H3;2-10,12H,1H3;/q-1;-2;+3. The fourth-order valence-corrected chi connectivity index (χ4v) is 4.91. The third kappa shape index (κ3) is 6.89. The minimum Gasteiger partial charge on any atom is -0.487 e. The maximum Gasteiger partial charge on any atom is 3.00 e. The van der Waals surface area contributed by atoms with E-state index in [0.29, 0.717) is 11.8 Å². The molecular weight excluding hydrogens is 695 g/mol. The maximum atomic E-state index is 4.60. The van der Waals surface area contributed by atoms with Gasteiger partial charge in [-0.25, -0.2) is 0 Å². The van der Waals surface area contributed by atoms with Crippen LogP contribution in [0.3, 0.4) is 0 Å². The van der Waals surface area contributed by atoms with Gasteiger partial charge in [-0.2, -0.15) is 29.4 Å². The van der Waals surface area contributed by atoms with Crippen LogP contribution in [-0.4, -0.2) is 27.3 Å². The Bertz CT molecular complexity index is 1550. The van der Waals surface area contributed by atoms with Crippen LogP contribution >= 0.6 is 0 Å². The molecule has 0 fully saturated rings. The number of anilines is 1. The van der Waals surface area contributed by atoms with E-state index < -0.39 is 0 Å². The Hall–Kier alpha value is -3.99. The molecule has 5 nitrogen and oxygen atoms in total. The van der Waals surface area contributed by atoms with Gasteiger partial charge in [0, 0.05) is 23.6 Å². The van der Waals surface area contributed by atoms with Crippen LogP contribution < -0.4 is 5.01 Å². The Morgan fingerprint density at radius 2 is 1.38 bits per heavy atom. The van der Waals surface area contributed by atoms with Crippen LogP contribution in [0.2, 0.25) is 0 Å². The molecule has 6 rings (SSSR count). The summed E-state index contributed by atoms with van der Waals surface area (Å²) in [5, 5.41) is 6.43. The molecule has 2 heterocycles. The first-order chi connectivity index (χ1) is 19.9. The summed E-state index contributed by atoms with van der Waals surface area (Å²) in [6, 6.07) is 39.1. The zero-order chi connectivity index (χ0) is 28.8. The quantitative estimate of drug-likeness (QED) is 0.165. The van der Waals surface area contributed by atoms with Crippen LogP contribution in [0, 0.1) is 18.8 Å². The van der Waals surface area contributed by atoms with Gasteiger partial charge in [0.2, 0.25) is 0 Å². The summed E-state index contributed by atoms with van der Waals surface area (Å²) in [5.41, 5.74) is 7.04. The maximum absolute atomic E-state index is 4.60. The fraction of sp³-hybridized carbons (Fsp3) is 0.194. The summed E-state index contributed by atoms with van der Waals surface area (Å²) < 4.78 is 2.22. The Morgan fingerprint density at radius 3 is 1.98 bits per heavy atom. The molecule has 0 N–H and O–H groups in total. The van der Waals surface area contributed by atoms with E-state index in [4.69, 9.17) is 0 Å². The van der Waals surface area contributed by atoms with Gasteiger partial charge in [0.25, 0.3) is 0 Å². The molecule has 0 amide bonds. The molecule has 42 heavy (non-hydrogen) atoms. The monoisotopic (exact) mass is 731 g/mol. The van der Waals surface area contributed by atoms with E-state index in [0.717, 1.165) is 28.5 Å². The number of hydrogen-bond donors (Lipinski definition) is 0.